The number of hydrogen-bond acceptors (Lipinski definition) is 3. The molecule has 4 heteroatoms. The molecule has 1 amide bonds. The molecule has 0 saturated heterocycles. The maximum Gasteiger partial charge on any atom is 0.249 e. The number of carbonyl (C=O) groups is 1. The minimum atomic E-state index is -0.353. The fourth-order valence-electron chi connectivity index (χ4n) is 0.851. The van der Waals surface area contributed by atoms with Crippen LogP contribution in [0, 0.1) is 0 Å². The van der Waals surface area contributed by atoms with E-state index in [9.17, 15) is 4.79 Å². The van der Waals surface area contributed by atoms with Gasteiger partial charge in [0.15, 0.2) is 0 Å². The van der Waals surface area contributed by atoms with Crippen molar-refractivity contribution in [1.82, 2.24) is 5.32 Å². The maximum absolute atomic E-state index is 10.7. The van der Waals surface area contributed by atoms with Gasteiger partial charge in [0.25, 0.3) is 0 Å². The molecular weight excluding hydrogens is 172 g/mol. The number of amides is 1. The number of nitrogens with two attached hydrogens (primary N) is 1. The number of thiophene rings is 1. The molecular formula is C8H12N2OS. The Hall–Kier alpha value is -0.870. The maximum atomic E-state index is 10.7. The molecule has 0 saturated carbocycles. The zero-order valence-electron chi connectivity index (χ0n) is 6.96. The zero-order valence-corrected chi connectivity index (χ0v) is 7.78. The Labute approximate surface area is 75.6 Å². The van der Waals surface area contributed by atoms with Crippen molar-refractivity contribution in [1.29, 1.82) is 0 Å². The lowest BCUT2D eigenvalue weighted by molar-refractivity contribution is 0.100. The molecule has 3 nitrogen and oxygen atoms in total. The summed E-state index contributed by atoms with van der Waals surface area (Å²) in [5.74, 6) is -0.353. The SMILES string of the molecule is CCNCc1cc(C(N)=O)cs1. The van der Waals surface area contributed by atoms with Gasteiger partial charge < -0.3 is 11.1 Å². The van der Waals surface area contributed by atoms with Crippen LogP contribution in [-0.4, -0.2) is 12.5 Å². The van der Waals surface area contributed by atoms with Gasteiger partial charge in [-0.3, -0.25) is 4.79 Å². The Balaban J connectivity index is 2.58. The van der Waals surface area contributed by atoms with E-state index >= 15 is 0 Å². The summed E-state index contributed by atoms with van der Waals surface area (Å²) >= 11 is 1.55. The molecule has 0 bridgehead atoms. The van der Waals surface area contributed by atoms with E-state index in [-0.39, 0.29) is 5.91 Å². The molecule has 1 rings (SSSR count). The average Bonchev–Trinajstić information content (AvgIpc) is 2.48. The van der Waals surface area contributed by atoms with Crippen LogP contribution < -0.4 is 11.1 Å². The molecule has 0 aromatic carbocycles. The summed E-state index contributed by atoms with van der Waals surface area (Å²) in [5, 5.41) is 4.96. The molecule has 0 unspecified atom stereocenters. The predicted octanol–water partition coefficient (Wildman–Crippen LogP) is 0.957. The van der Waals surface area contributed by atoms with Crippen LogP contribution in [0.3, 0.4) is 0 Å². The third kappa shape index (κ3) is 2.32. The summed E-state index contributed by atoms with van der Waals surface area (Å²) in [5.41, 5.74) is 5.71. The van der Waals surface area contributed by atoms with E-state index in [2.05, 4.69) is 5.32 Å². The van der Waals surface area contributed by atoms with Crippen molar-refractivity contribution in [2.75, 3.05) is 6.54 Å². The highest BCUT2D eigenvalue weighted by Gasteiger charge is 2.03. The summed E-state index contributed by atoms with van der Waals surface area (Å²) in [7, 11) is 0. The fourth-order valence-corrected chi connectivity index (χ4v) is 1.69. The summed E-state index contributed by atoms with van der Waals surface area (Å²) in [4.78, 5) is 11.8. The number of rotatable bonds is 4. The second-order valence-corrected chi connectivity index (χ2v) is 3.44. The van der Waals surface area contributed by atoms with Crippen molar-refractivity contribution in [3.05, 3.63) is 21.9 Å². The second-order valence-electron chi connectivity index (χ2n) is 2.45. The normalized spacial score (nSPS) is 10.1. The number of hydrogen-bond donors (Lipinski definition) is 2. The molecule has 0 atom stereocenters. The van der Waals surface area contributed by atoms with Crippen LogP contribution in [0.5, 0.6) is 0 Å². The topological polar surface area (TPSA) is 55.1 Å². The summed E-state index contributed by atoms with van der Waals surface area (Å²) in [6.45, 7) is 3.79. The van der Waals surface area contributed by atoms with Gasteiger partial charge in [0, 0.05) is 16.8 Å². The predicted molar refractivity (Wildman–Crippen MR) is 50.2 cm³/mol. The van der Waals surface area contributed by atoms with E-state index in [1.54, 1.807) is 16.7 Å². The van der Waals surface area contributed by atoms with Gasteiger partial charge in [-0.05, 0) is 12.6 Å². The van der Waals surface area contributed by atoms with E-state index in [1.165, 1.54) is 0 Å². The third-order valence-corrected chi connectivity index (χ3v) is 2.42. The average molecular weight is 184 g/mol. The van der Waals surface area contributed by atoms with Crippen LogP contribution in [0.1, 0.15) is 22.2 Å². The van der Waals surface area contributed by atoms with E-state index in [1.807, 2.05) is 13.0 Å². The monoisotopic (exact) mass is 184 g/mol. The highest BCUT2D eigenvalue weighted by atomic mass is 32.1. The van der Waals surface area contributed by atoms with Crippen LogP contribution in [-0.2, 0) is 6.54 Å². The van der Waals surface area contributed by atoms with E-state index < -0.39 is 0 Å². The quantitative estimate of drug-likeness (QED) is 0.732. The summed E-state index contributed by atoms with van der Waals surface area (Å²) in [6, 6.07) is 1.83. The Morgan fingerprint density at radius 3 is 3.00 bits per heavy atom. The van der Waals surface area contributed by atoms with Crippen LogP contribution in [0.25, 0.3) is 0 Å². The molecule has 1 aromatic heterocycles. The fraction of sp³-hybridized carbons (Fsp3) is 0.375. The molecule has 66 valence electrons. The number of nitrogens with one attached hydrogen (secondary N) is 1. The summed E-state index contributed by atoms with van der Waals surface area (Å²) in [6.07, 6.45) is 0. The van der Waals surface area contributed by atoms with E-state index in [4.69, 9.17) is 5.73 Å². The van der Waals surface area contributed by atoms with Gasteiger partial charge in [-0.25, -0.2) is 0 Å². The van der Waals surface area contributed by atoms with Crippen LogP contribution in [0.15, 0.2) is 11.4 Å². The highest BCUT2D eigenvalue weighted by Crippen LogP contribution is 2.13. The molecule has 0 aliphatic carbocycles. The number of carbonyl (C=O) groups excluding carboxylic acids is 1. The molecule has 1 aromatic rings. The van der Waals surface area contributed by atoms with Crippen molar-refractivity contribution < 1.29 is 4.79 Å². The molecule has 1 heterocycles. The van der Waals surface area contributed by atoms with Crippen molar-refractivity contribution in [2.24, 2.45) is 5.73 Å². The van der Waals surface area contributed by atoms with Gasteiger partial charge in [-0.15, -0.1) is 11.3 Å². The lowest BCUT2D eigenvalue weighted by Gasteiger charge is -1.95. The Kier molecular flexibility index (Phi) is 3.25. The molecule has 3 N–H and O–H groups in total. The standard InChI is InChI=1S/C8H12N2OS/c1-2-10-4-7-3-6(5-12-7)8(9)11/h3,5,10H,2,4H2,1H3,(H2,9,11). The van der Waals surface area contributed by atoms with Gasteiger partial charge in [0.1, 0.15) is 0 Å². The smallest absolute Gasteiger partial charge is 0.249 e. The first-order chi connectivity index (χ1) is 5.74. The van der Waals surface area contributed by atoms with Gasteiger partial charge in [0.2, 0.25) is 5.91 Å². The molecule has 0 spiro atoms. The molecule has 0 aliphatic heterocycles. The minimum absolute atomic E-state index is 0.353. The van der Waals surface area contributed by atoms with E-state index in [0.717, 1.165) is 18.0 Å². The Bertz CT molecular complexity index is 270. The van der Waals surface area contributed by atoms with Crippen molar-refractivity contribution in [3.63, 3.8) is 0 Å². The van der Waals surface area contributed by atoms with Gasteiger partial charge >= 0.3 is 0 Å². The van der Waals surface area contributed by atoms with Crippen LogP contribution in [0.4, 0.5) is 0 Å². The third-order valence-electron chi connectivity index (χ3n) is 1.49. The molecule has 0 radical (unpaired) electrons. The largest absolute Gasteiger partial charge is 0.366 e. The zero-order chi connectivity index (χ0) is 8.97. The highest BCUT2D eigenvalue weighted by molar-refractivity contribution is 7.10. The lowest BCUT2D eigenvalue weighted by Crippen LogP contribution is -2.11. The van der Waals surface area contributed by atoms with Crippen molar-refractivity contribution in [3.8, 4) is 0 Å². The van der Waals surface area contributed by atoms with E-state index in [0.29, 0.717) is 5.56 Å². The molecule has 12 heavy (non-hydrogen) atoms. The van der Waals surface area contributed by atoms with Crippen molar-refractivity contribution >= 4 is 17.2 Å². The minimum Gasteiger partial charge on any atom is -0.366 e. The first-order valence-corrected chi connectivity index (χ1v) is 4.70. The Morgan fingerprint density at radius 2 is 2.50 bits per heavy atom. The lowest BCUT2D eigenvalue weighted by atomic mass is 10.3. The molecule has 0 aliphatic rings. The van der Waals surface area contributed by atoms with Gasteiger partial charge in [-0.1, -0.05) is 6.92 Å². The van der Waals surface area contributed by atoms with Crippen LogP contribution in [0.2, 0.25) is 0 Å². The van der Waals surface area contributed by atoms with Gasteiger partial charge in [0.05, 0.1) is 5.56 Å². The molecule has 0 fully saturated rings. The van der Waals surface area contributed by atoms with Crippen molar-refractivity contribution in [2.45, 2.75) is 13.5 Å². The van der Waals surface area contributed by atoms with Gasteiger partial charge in [-0.2, -0.15) is 0 Å². The summed E-state index contributed by atoms with van der Waals surface area (Å²) < 4.78 is 0. The van der Waals surface area contributed by atoms with Crippen LogP contribution >= 0.6 is 11.3 Å². The first-order valence-electron chi connectivity index (χ1n) is 3.82. The first kappa shape index (κ1) is 9.22. The number of primary amides is 1. The Morgan fingerprint density at radius 1 is 1.75 bits per heavy atom. The second kappa shape index (κ2) is 4.23.